The monoisotopic (exact) mass is 334 g/mol. The first kappa shape index (κ1) is 16.6. The lowest BCUT2D eigenvalue weighted by Crippen LogP contribution is -2.37. The number of rotatable bonds is 5. The number of imide groups is 1. The normalized spacial score (nSPS) is 23.3. The van der Waals surface area contributed by atoms with Crippen LogP contribution in [-0.2, 0) is 20.9 Å². The molecule has 1 aromatic heterocycles. The molecule has 8 nitrogen and oxygen atoms in total. The van der Waals surface area contributed by atoms with Gasteiger partial charge in [-0.3, -0.25) is 24.4 Å². The molecule has 2 fully saturated rings. The van der Waals surface area contributed by atoms with E-state index in [0.29, 0.717) is 38.4 Å². The number of nitrogens with one attached hydrogen (secondary N) is 1. The number of ether oxygens (including phenoxy) is 1. The summed E-state index contributed by atoms with van der Waals surface area (Å²) in [6, 6.07) is 1.75. The highest BCUT2D eigenvalue weighted by atomic mass is 16.5. The molecule has 2 aliphatic heterocycles. The van der Waals surface area contributed by atoms with Crippen molar-refractivity contribution in [1.82, 2.24) is 20.0 Å². The minimum atomic E-state index is -0.752. The van der Waals surface area contributed by atoms with Crippen LogP contribution in [0.1, 0.15) is 35.9 Å². The van der Waals surface area contributed by atoms with Crippen molar-refractivity contribution < 1.29 is 19.1 Å². The highest BCUT2D eigenvalue weighted by molar-refractivity contribution is 6.06. The van der Waals surface area contributed by atoms with Crippen molar-refractivity contribution in [2.75, 3.05) is 26.3 Å². The van der Waals surface area contributed by atoms with Crippen LogP contribution in [0.25, 0.3) is 0 Å². The number of aryl methyl sites for hydroxylation is 1. The van der Waals surface area contributed by atoms with Crippen LogP contribution in [0.5, 0.6) is 0 Å². The molecule has 2 aliphatic rings. The van der Waals surface area contributed by atoms with Crippen molar-refractivity contribution in [3.05, 3.63) is 17.5 Å². The molecule has 3 rings (SSSR count). The van der Waals surface area contributed by atoms with Gasteiger partial charge in [0.25, 0.3) is 5.91 Å². The Balaban J connectivity index is 1.74. The number of likely N-dealkylation sites (tertiary alicyclic amines) is 1. The second kappa shape index (κ2) is 6.35. The van der Waals surface area contributed by atoms with Gasteiger partial charge in [-0.25, -0.2) is 0 Å². The Hall–Kier alpha value is -2.22. The van der Waals surface area contributed by atoms with Gasteiger partial charge in [-0.05, 0) is 26.3 Å². The number of carbonyl (C=O) groups is 3. The van der Waals surface area contributed by atoms with Gasteiger partial charge in [0.2, 0.25) is 11.8 Å². The van der Waals surface area contributed by atoms with Gasteiger partial charge < -0.3 is 9.64 Å². The van der Waals surface area contributed by atoms with Crippen LogP contribution in [0.15, 0.2) is 6.07 Å². The Bertz CT molecular complexity index is 684. The number of carbonyl (C=O) groups excluding carboxylic acids is 3. The lowest BCUT2D eigenvalue weighted by molar-refractivity contribution is -0.128. The molecule has 3 heterocycles. The van der Waals surface area contributed by atoms with E-state index in [1.54, 1.807) is 15.6 Å². The summed E-state index contributed by atoms with van der Waals surface area (Å²) < 4.78 is 6.98. The van der Waals surface area contributed by atoms with Crippen molar-refractivity contribution in [2.24, 2.45) is 5.41 Å². The fraction of sp³-hybridized carbons (Fsp3) is 0.625. The van der Waals surface area contributed by atoms with E-state index >= 15 is 0 Å². The van der Waals surface area contributed by atoms with Gasteiger partial charge in [0, 0.05) is 26.1 Å². The largest absolute Gasteiger partial charge is 0.380 e. The van der Waals surface area contributed by atoms with E-state index in [1.807, 2.05) is 13.8 Å². The summed E-state index contributed by atoms with van der Waals surface area (Å²) in [5, 5.41) is 6.70. The second-order valence-corrected chi connectivity index (χ2v) is 6.40. The summed E-state index contributed by atoms with van der Waals surface area (Å²) in [6.07, 6.45) is 0.681. The molecule has 1 aromatic rings. The van der Waals surface area contributed by atoms with Crippen LogP contribution in [-0.4, -0.2) is 58.7 Å². The van der Waals surface area contributed by atoms with Gasteiger partial charge in [-0.15, -0.1) is 0 Å². The maximum absolute atomic E-state index is 12.8. The van der Waals surface area contributed by atoms with Gasteiger partial charge >= 0.3 is 0 Å². The van der Waals surface area contributed by atoms with Gasteiger partial charge in [0.05, 0.1) is 24.3 Å². The van der Waals surface area contributed by atoms with Crippen LogP contribution in [0.2, 0.25) is 0 Å². The topological polar surface area (TPSA) is 93.5 Å². The first-order valence-electron chi connectivity index (χ1n) is 8.21. The Labute approximate surface area is 140 Å². The van der Waals surface area contributed by atoms with E-state index in [0.717, 1.165) is 5.69 Å². The summed E-state index contributed by atoms with van der Waals surface area (Å²) >= 11 is 0. The second-order valence-electron chi connectivity index (χ2n) is 6.40. The molecule has 0 saturated carbocycles. The average Bonchev–Trinajstić information content (AvgIpc) is 3.18. The Morgan fingerprint density at radius 3 is 2.92 bits per heavy atom. The molecular weight excluding hydrogens is 312 g/mol. The molecular formula is C16H22N4O4. The zero-order valence-corrected chi connectivity index (χ0v) is 14.0. The molecule has 0 aliphatic carbocycles. The molecule has 8 heteroatoms. The van der Waals surface area contributed by atoms with E-state index in [-0.39, 0.29) is 30.7 Å². The molecule has 2 saturated heterocycles. The maximum atomic E-state index is 12.8. The Morgan fingerprint density at radius 1 is 1.46 bits per heavy atom. The molecule has 130 valence electrons. The van der Waals surface area contributed by atoms with Crippen LogP contribution in [0.4, 0.5) is 0 Å². The van der Waals surface area contributed by atoms with Gasteiger partial charge in [-0.2, -0.15) is 5.10 Å². The third-order valence-electron chi connectivity index (χ3n) is 4.65. The highest BCUT2D eigenvalue weighted by Crippen LogP contribution is 2.38. The number of hydrogen-bond donors (Lipinski definition) is 1. The lowest BCUT2D eigenvalue weighted by atomic mass is 9.85. The van der Waals surface area contributed by atoms with Crippen molar-refractivity contribution in [1.29, 1.82) is 0 Å². The zero-order valence-electron chi connectivity index (χ0n) is 14.0. The molecule has 0 aromatic carbocycles. The zero-order chi connectivity index (χ0) is 17.3. The van der Waals surface area contributed by atoms with Crippen molar-refractivity contribution >= 4 is 17.7 Å². The fourth-order valence-electron chi connectivity index (χ4n) is 3.41. The number of nitrogens with zero attached hydrogens (tertiary/aromatic N) is 3. The minimum absolute atomic E-state index is 0.156. The average molecular weight is 334 g/mol. The predicted molar refractivity (Wildman–Crippen MR) is 84.2 cm³/mol. The number of aromatic nitrogens is 2. The highest BCUT2D eigenvalue weighted by Gasteiger charge is 2.52. The first-order chi connectivity index (χ1) is 11.4. The van der Waals surface area contributed by atoms with Gasteiger partial charge in [0.1, 0.15) is 5.69 Å². The molecule has 1 N–H and O–H groups in total. The first-order valence-corrected chi connectivity index (χ1v) is 8.21. The van der Waals surface area contributed by atoms with Crippen LogP contribution in [0.3, 0.4) is 0 Å². The van der Waals surface area contributed by atoms with Crippen LogP contribution < -0.4 is 5.32 Å². The summed E-state index contributed by atoms with van der Waals surface area (Å²) in [5.74, 6) is -0.674. The van der Waals surface area contributed by atoms with Crippen LogP contribution >= 0.6 is 0 Å². The molecule has 0 unspecified atom stereocenters. The van der Waals surface area contributed by atoms with Crippen molar-refractivity contribution in [3.63, 3.8) is 0 Å². The molecule has 1 atom stereocenters. The number of hydrogen-bond acceptors (Lipinski definition) is 5. The standard InChI is InChI=1S/C16H22N4O4/c1-3-24-7-6-20-12(8-11(2)18-20)14(22)19-5-4-16(10-19)9-13(21)17-15(16)23/h8H,3-7,9-10H2,1-2H3,(H,17,21,23)/t16-/m1/s1. The SMILES string of the molecule is CCOCCn1nc(C)cc1C(=O)N1CC[C@@]2(CC(=O)NC2=O)C1. The third-order valence-corrected chi connectivity index (χ3v) is 4.65. The molecule has 0 radical (unpaired) electrons. The predicted octanol–water partition coefficient (Wildman–Crippen LogP) is 0.107. The Morgan fingerprint density at radius 2 is 2.25 bits per heavy atom. The lowest BCUT2D eigenvalue weighted by Gasteiger charge is -2.20. The van der Waals surface area contributed by atoms with E-state index in [9.17, 15) is 14.4 Å². The van der Waals surface area contributed by atoms with Gasteiger partial charge in [-0.1, -0.05) is 0 Å². The van der Waals surface area contributed by atoms with E-state index in [2.05, 4.69) is 10.4 Å². The van der Waals surface area contributed by atoms with Gasteiger partial charge in [0.15, 0.2) is 0 Å². The van der Waals surface area contributed by atoms with Crippen LogP contribution in [0, 0.1) is 12.3 Å². The summed E-state index contributed by atoms with van der Waals surface area (Å²) in [7, 11) is 0. The Kier molecular flexibility index (Phi) is 4.40. The maximum Gasteiger partial charge on any atom is 0.272 e. The summed E-state index contributed by atoms with van der Waals surface area (Å²) in [5.41, 5.74) is 0.504. The number of amides is 3. The quantitative estimate of drug-likeness (QED) is 0.609. The molecule has 0 bridgehead atoms. The summed E-state index contributed by atoms with van der Waals surface area (Å²) in [6.45, 7) is 6.09. The fourth-order valence-corrected chi connectivity index (χ4v) is 3.41. The minimum Gasteiger partial charge on any atom is -0.380 e. The summed E-state index contributed by atoms with van der Waals surface area (Å²) in [4.78, 5) is 38.1. The van der Waals surface area contributed by atoms with E-state index in [1.165, 1.54) is 0 Å². The molecule has 3 amide bonds. The van der Waals surface area contributed by atoms with Crippen molar-refractivity contribution in [3.8, 4) is 0 Å². The molecule has 24 heavy (non-hydrogen) atoms. The van der Waals surface area contributed by atoms with E-state index < -0.39 is 5.41 Å². The van der Waals surface area contributed by atoms with E-state index in [4.69, 9.17) is 4.74 Å². The van der Waals surface area contributed by atoms with Crippen molar-refractivity contribution in [2.45, 2.75) is 33.2 Å². The molecule has 1 spiro atoms. The smallest absolute Gasteiger partial charge is 0.272 e. The third kappa shape index (κ3) is 2.93.